The molecule has 0 unspecified atom stereocenters. The van der Waals surface area contributed by atoms with Crippen LogP contribution in [0.15, 0.2) is 16.4 Å². The summed E-state index contributed by atoms with van der Waals surface area (Å²) in [6, 6.07) is 2.10. The zero-order valence-corrected chi connectivity index (χ0v) is 8.54. The van der Waals surface area contributed by atoms with Crippen molar-refractivity contribution in [2.24, 2.45) is 0 Å². The molecule has 0 aliphatic rings. The highest BCUT2D eigenvalue weighted by Crippen LogP contribution is 2.23. The smallest absolute Gasteiger partial charge is 0.320 e. The normalized spacial score (nSPS) is 11.3. The molecule has 3 heterocycles. The maximum absolute atomic E-state index is 11.5. The van der Waals surface area contributed by atoms with Gasteiger partial charge in [0.05, 0.1) is 17.3 Å². The summed E-state index contributed by atoms with van der Waals surface area (Å²) in [5.74, 6) is 0. The fourth-order valence-electron chi connectivity index (χ4n) is 1.52. The predicted molar refractivity (Wildman–Crippen MR) is 55.5 cm³/mol. The largest absolute Gasteiger partial charge is 0.467 e. The minimum Gasteiger partial charge on any atom is -0.467 e. The Hall–Kier alpha value is -1.89. The van der Waals surface area contributed by atoms with Gasteiger partial charge in [0.2, 0.25) is 0 Å². The van der Waals surface area contributed by atoms with Gasteiger partial charge in [-0.3, -0.25) is 4.79 Å². The van der Waals surface area contributed by atoms with Crippen molar-refractivity contribution < 1.29 is 4.74 Å². The second kappa shape index (κ2) is 2.80. The van der Waals surface area contributed by atoms with Crippen LogP contribution in [-0.4, -0.2) is 26.7 Å². The van der Waals surface area contributed by atoms with Gasteiger partial charge in [-0.05, 0) is 6.07 Å². The summed E-state index contributed by atoms with van der Waals surface area (Å²) in [5, 5.41) is 6.16. The number of nitrogens with zero attached hydrogens (tertiary/aromatic N) is 3. The van der Waals surface area contributed by atoms with E-state index in [9.17, 15) is 4.79 Å². The summed E-state index contributed by atoms with van der Waals surface area (Å²) in [6.07, 6.45) is 0. The molecule has 0 spiro atoms. The zero-order valence-electron chi connectivity index (χ0n) is 7.72. The van der Waals surface area contributed by atoms with Crippen molar-refractivity contribution in [3.05, 3.63) is 21.9 Å². The molecule has 0 aliphatic heterocycles. The fourth-order valence-corrected chi connectivity index (χ4v) is 2.22. The average Bonchev–Trinajstić information content (AvgIpc) is 2.79. The van der Waals surface area contributed by atoms with Crippen molar-refractivity contribution in [3.8, 4) is 6.01 Å². The SMILES string of the molecule is COc1n[nH]c(=O)c2cc3scnc3n12. The molecule has 6 nitrogen and oxygen atoms in total. The van der Waals surface area contributed by atoms with E-state index in [1.54, 1.807) is 16.0 Å². The molecule has 0 aliphatic carbocycles. The number of aromatic amines is 1. The number of H-pyrrole nitrogens is 1. The van der Waals surface area contributed by atoms with Gasteiger partial charge in [-0.15, -0.1) is 16.4 Å². The molecule has 0 bridgehead atoms. The number of aromatic nitrogens is 4. The maximum atomic E-state index is 11.5. The van der Waals surface area contributed by atoms with E-state index in [-0.39, 0.29) is 5.56 Å². The lowest BCUT2D eigenvalue weighted by molar-refractivity contribution is 0.368. The monoisotopic (exact) mass is 222 g/mol. The van der Waals surface area contributed by atoms with E-state index in [0.29, 0.717) is 17.2 Å². The molecule has 1 N–H and O–H groups in total. The summed E-state index contributed by atoms with van der Waals surface area (Å²) in [6.45, 7) is 0. The number of thiazole rings is 1. The molecule has 0 saturated carbocycles. The summed E-state index contributed by atoms with van der Waals surface area (Å²) in [4.78, 5) is 15.7. The van der Waals surface area contributed by atoms with Crippen LogP contribution in [0.5, 0.6) is 6.01 Å². The highest BCUT2D eigenvalue weighted by atomic mass is 32.1. The Morgan fingerprint density at radius 2 is 2.47 bits per heavy atom. The van der Waals surface area contributed by atoms with Gasteiger partial charge < -0.3 is 4.74 Å². The van der Waals surface area contributed by atoms with Crippen LogP contribution in [0.25, 0.3) is 15.9 Å². The van der Waals surface area contributed by atoms with Crippen LogP contribution in [0.2, 0.25) is 0 Å². The number of fused-ring (bicyclic) bond motifs is 3. The number of methoxy groups -OCH3 is 1. The average molecular weight is 222 g/mol. The third-order valence-electron chi connectivity index (χ3n) is 2.16. The second-order valence-corrected chi connectivity index (χ2v) is 3.83. The van der Waals surface area contributed by atoms with Gasteiger partial charge in [-0.1, -0.05) is 0 Å². The third kappa shape index (κ3) is 1.00. The molecule has 76 valence electrons. The molecular formula is C8H6N4O2S. The molecule has 3 aromatic heterocycles. The fraction of sp³-hybridized carbons (Fsp3) is 0.125. The van der Waals surface area contributed by atoms with Crippen LogP contribution in [0, 0.1) is 0 Å². The van der Waals surface area contributed by atoms with Gasteiger partial charge in [0, 0.05) is 0 Å². The molecule has 0 radical (unpaired) electrons. The standard InChI is InChI=1S/C8H6N4O2S/c1-14-8-11-10-7(13)4-2-5-6(12(4)8)9-3-15-5/h2-3H,1H3,(H,10,13). The number of nitrogens with one attached hydrogen (secondary N) is 1. The van der Waals surface area contributed by atoms with E-state index in [1.165, 1.54) is 18.4 Å². The van der Waals surface area contributed by atoms with Crippen LogP contribution in [0.1, 0.15) is 0 Å². The van der Waals surface area contributed by atoms with E-state index < -0.39 is 0 Å². The summed E-state index contributed by atoms with van der Waals surface area (Å²) in [7, 11) is 1.50. The Bertz CT molecular complexity index is 695. The van der Waals surface area contributed by atoms with Crippen molar-refractivity contribution in [3.63, 3.8) is 0 Å². The molecule has 7 heteroatoms. The molecule has 0 aromatic carbocycles. The molecular weight excluding hydrogens is 216 g/mol. The van der Waals surface area contributed by atoms with Gasteiger partial charge in [0.15, 0.2) is 5.65 Å². The summed E-state index contributed by atoms with van der Waals surface area (Å²) >= 11 is 1.47. The number of hydrogen-bond donors (Lipinski definition) is 1. The Kier molecular flexibility index (Phi) is 1.57. The quantitative estimate of drug-likeness (QED) is 0.655. The first-order chi connectivity index (χ1) is 7.31. The topological polar surface area (TPSA) is 72.3 Å². The minimum absolute atomic E-state index is 0.249. The van der Waals surface area contributed by atoms with E-state index >= 15 is 0 Å². The van der Waals surface area contributed by atoms with E-state index in [1.807, 2.05) is 0 Å². The Labute approximate surface area is 87.1 Å². The van der Waals surface area contributed by atoms with E-state index in [2.05, 4.69) is 15.2 Å². The summed E-state index contributed by atoms with van der Waals surface area (Å²) < 4.78 is 7.60. The first-order valence-electron chi connectivity index (χ1n) is 4.18. The Morgan fingerprint density at radius 1 is 1.60 bits per heavy atom. The van der Waals surface area contributed by atoms with Crippen LogP contribution in [0.4, 0.5) is 0 Å². The molecule has 3 rings (SSSR count). The Balaban J connectivity index is 2.65. The molecule has 15 heavy (non-hydrogen) atoms. The number of ether oxygens (including phenoxy) is 1. The third-order valence-corrected chi connectivity index (χ3v) is 2.92. The summed E-state index contributed by atoms with van der Waals surface area (Å²) in [5.41, 5.74) is 2.67. The number of rotatable bonds is 1. The molecule has 0 saturated heterocycles. The molecule has 0 fully saturated rings. The van der Waals surface area contributed by atoms with Crippen LogP contribution < -0.4 is 10.3 Å². The van der Waals surface area contributed by atoms with Crippen molar-refractivity contribution in [1.82, 2.24) is 19.6 Å². The van der Waals surface area contributed by atoms with E-state index in [0.717, 1.165) is 4.70 Å². The van der Waals surface area contributed by atoms with Gasteiger partial charge in [0.25, 0.3) is 5.56 Å². The molecule has 3 aromatic rings. The first kappa shape index (κ1) is 8.42. The molecule has 0 amide bonds. The Morgan fingerprint density at radius 3 is 3.27 bits per heavy atom. The number of hydrogen-bond acceptors (Lipinski definition) is 5. The van der Waals surface area contributed by atoms with Crippen LogP contribution in [0.3, 0.4) is 0 Å². The predicted octanol–water partition coefficient (Wildman–Crippen LogP) is 0.641. The van der Waals surface area contributed by atoms with Gasteiger partial charge in [-0.2, -0.15) is 0 Å². The van der Waals surface area contributed by atoms with E-state index in [4.69, 9.17) is 4.74 Å². The van der Waals surface area contributed by atoms with Crippen LogP contribution >= 0.6 is 11.3 Å². The van der Waals surface area contributed by atoms with Crippen molar-refractivity contribution >= 4 is 27.2 Å². The zero-order chi connectivity index (χ0) is 10.4. The highest BCUT2D eigenvalue weighted by Gasteiger charge is 2.12. The van der Waals surface area contributed by atoms with Crippen molar-refractivity contribution in [1.29, 1.82) is 0 Å². The second-order valence-electron chi connectivity index (χ2n) is 2.94. The van der Waals surface area contributed by atoms with Crippen LogP contribution in [-0.2, 0) is 0 Å². The van der Waals surface area contributed by atoms with Gasteiger partial charge >= 0.3 is 6.01 Å². The lowest BCUT2D eigenvalue weighted by atomic mass is 10.5. The van der Waals surface area contributed by atoms with Gasteiger partial charge in [-0.25, -0.2) is 14.5 Å². The lowest BCUT2D eigenvalue weighted by Crippen LogP contribution is -2.13. The van der Waals surface area contributed by atoms with Crippen molar-refractivity contribution in [2.75, 3.05) is 7.11 Å². The lowest BCUT2D eigenvalue weighted by Gasteiger charge is -2.00. The first-order valence-corrected chi connectivity index (χ1v) is 5.06. The van der Waals surface area contributed by atoms with Gasteiger partial charge in [0.1, 0.15) is 5.52 Å². The minimum atomic E-state index is -0.249. The van der Waals surface area contributed by atoms with Crippen molar-refractivity contribution in [2.45, 2.75) is 0 Å². The molecule has 0 atom stereocenters. The maximum Gasteiger partial charge on any atom is 0.320 e. The highest BCUT2D eigenvalue weighted by molar-refractivity contribution is 7.16.